The fourth-order valence-corrected chi connectivity index (χ4v) is 5.86. The number of anilines is 1. The van der Waals surface area contributed by atoms with Crippen LogP contribution in [0.2, 0.25) is 5.02 Å². The van der Waals surface area contributed by atoms with Gasteiger partial charge in [-0.15, -0.1) is 0 Å². The van der Waals surface area contributed by atoms with E-state index in [-0.39, 0.29) is 29.0 Å². The molecule has 2 unspecified atom stereocenters. The molecule has 0 bridgehead atoms. The molecule has 1 amide bonds. The highest BCUT2D eigenvalue weighted by Crippen LogP contribution is 2.54. The van der Waals surface area contributed by atoms with Gasteiger partial charge in [-0.1, -0.05) is 11.6 Å². The molecule has 1 aromatic rings. The number of carbonyl (C=O) groups excluding carboxylic acids is 3. The van der Waals surface area contributed by atoms with Crippen molar-refractivity contribution in [1.29, 1.82) is 0 Å². The maximum Gasteiger partial charge on any atom is 0.255 e. The topological polar surface area (TPSA) is 165 Å². The summed E-state index contributed by atoms with van der Waals surface area (Å²) in [5, 5.41) is 44.1. The zero-order valence-corrected chi connectivity index (χ0v) is 19.8. The predicted molar refractivity (Wildman–Crippen MR) is 124 cm³/mol. The summed E-state index contributed by atoms with van der Waals surface area (Å²) in [7, 11) is 6.63. The normalized spacial score (nSPS) is 28.6. The Morgan fingerprint density at radius 3 is 2.32 bits per heavy atom. The summed E-state index contributed by atoms with van der Waals surface area (Å²) in [6, 6.07) is 0.430. The Morgan fingerprint density at radius 1 is 1.18 bits per heavy atom. The number of hydrogen-bond acceptors (Lipinski definition) is 9. The number of rotatable bonds is 3. The predicted octanol–water partition coefficient (Wildman–Crippen LogP) is 0.683. The standard InChI is InChI=1S/C23H26ClN3O7/c1-26(2)12-7-11(24)17(28)14-9(12)5-8-6-10-16(27(3)4)19(30)15(22(25)33)21(32)23(10,34)20(31)13(8)18(14)29/h7-8,10,16,28-29,32,34H,5-6H2,1-4H3,(H2,25,33)/t8?,10?,16-,23-/m0/s1. The van der Waals surface area contributed by atoms with E-state index in [1.807, 2.05) is 0 Å². The second-order valence-corrected chi connectivity index (χ2v) is 9.84. The van der Waals surface area contributed by atoms with E-state index in [0.717, 1.165) is 0 Å². The third-order valence-electron chi connectivity index (χ3n) is 7.13. The number of amides is 1. The number of aliphatic hydroxyl groups is 3. The first-order chi connectivity index (χ1) is 15.7. The van der Waals surface area contributed by atoms with Gasteiger partial charge in [-0.05, 0) is 44.5 Å². The molecular weight excluding hydrogens is 466 g/mol. The number of nitrogens with zero attached hydrogens (tertiary/aromatic N) is 2. The average Bonchev–Trinajstić information content (AvgIpc) is 2.72. The lowest BCUT2D eigenvalue weighted by Gasteiger charge is -2.50. The molecular formula is C23H26ClN3O7. The Kier molecular flexibility index (Phi) is 5.47. The van der Waals surface area contributed by atoms with Gasteiger partial charge in [-0.25, -0.2) is 0 Å². The third-order valence-corrected chi connectivity index (χ3v) is 7.42. The van der Waals surface area contributed by atoms with Crippen molar-refractivity contribution >= 4 is 40.5 Å². The van der Waals surface area contributed by atoms with E-state index in [1.54, 1.807) is 39.2 Å². The number of carbonyl (C=O) groups is 3. The Balaban J connectivity index is 2.01. The fourth-order valence-electron chi connectivity index (χ4n) is 5.66. The smallest absolute Gasteiger partial charge is 0.255 e. The van der Waals surface area contributed by atoms with Gasteiger partial charge >= 0.3 is 0 Å². The van der Waals surface area contributed by atoms with Crippen LogP contribution in [0, 0.1) is 11.8 Å². The molecule has 0 radical (unpaired) electrons. The summed E-state index contributed by atoms with van der Waals surface area (Å²) >= 11 is 6.17. The van der Waals surface area contributed by atoms with Crippen molar-refractivity contribution in [3.63, 3.8) is 0 Å². The second kappa shape index (κ2) is 7.72. The first-order valence-electron chi connectivity index (χ1n) is 10.6. The molecule has 0 heterocycles. The summed E-state index contributed by atoms with van der Waals surface area (Å²) in [5.41, 5.74) is 2.73. The van der Waals surface area contributed by atoms with Crippen LogP contribution in [0.4, 0.5) is 5.69 Å². The molecule has 0 saturated heterocycles. The van der Waals surface area contributed by atoms with Crippen LogP contribution in [-0.2, 0) is 20.8 Å². The number of halogens is 1. The number of phenols is 1. The van der Waals surface area contributed by atoms with Crippen LogP contribution in [0.1, 0.15) is 17.5 Å². The van der Waals surface area contributed by atoms with Crippen molar-refractivity contribution in [2.24, 2.45) is 17.6 Å². The number of aromatic hydroxyl groups is 1. The number of benzene rings is 1. The van der Waals surface area contributed by atoms with Crippen LogP contribution in [0.3, 0.4) is 0 Å². The number of phenolic OH excluding ortho intramolecular Hbond substituents is 1. The first-order valence-corrected chi connectivity index (χ1v) is 11.0. The average molecular weight is 492 g/mol. The molecule has 4 rings (SSSR count). The molecule has 1 aromatic carbocycles. The van der Waals surface area contributed by atoms with Gasteiger partial charge in [-0.2, -0.15) is 0 Å². The van der Waals surface area contributed by atoms with E-state index in [0.29, 0.717) is 11.3 Å². The number of ketones is 2. The fraction of sp³-hybridized carbons (Fsp3) is 0.435. The van der Waals surface area contributed by atoms with Crippen LogP contribution >= 0.6 is 11.6 Å². The van der Waals surface area contributed by atoms with Crippen molar-refractivity contribution < 1.29 is 34.8 Å². The van der Waals surface area contributed by atoms with Crippen LogP contribution in [0.5, 0.6) is 5.75 Å². The van der Waals surface area contributed by atoms with Gasteiger partial charge in [0.05, 0.1) is 16.6 Å². The zero-order valence-electron chi connectivity index (χ0n) is 19.1. The highest BCUT2D eigenvalue weighted by molar-refractivity contribution is 6.33. The monoisotopic (exact) mass is 491 g/mol. The Labute approximate surface area is 200 Å². The van der Waals surface area contributed by atoms with E-state index in [1.165, 1.54) is 4.90 Å². The molecule has 3 aliphatic rings. The zero-order chi connectivity index (χ0) is 25.4. The maximum absolute atomic E-state index is 13.7. The number of Topliss-reactive ketones (excluding diaryl/α,β-unsaturated/α-hetero) is 2. The number of fused-ring (bicyclic) bond motifs is 3. The number of nitrogens with two attached hydrogens (primary N) is 1. The lowest BCUT2D eigenvalue weighted by molar-refractivity contribution is -0.153. The Morgan fingerprint density at radius 2 is 1.79 bits per heavy atom. The molecule has 10 nitrogen and oxygen atoms in total. The molecule has 34 heavy (non-hydrogen) atoms. The molecule has 0 aromatic heterocycles. The number of hydrogen-bond donors (Lipinski definition) is 5. The van der Waals surface area contributed by atoms with Crippen LogP contribution in [0.15, 0.2) is 23.0 Å². The molecule has 3 aliphatic carbocycles. The quantitative estimate of drug-likeness (QED) is 0.382. The van der Waals surface area contributed by atoms with Crippen molar-refractivity contribution in [3.05, 3.63) is 39.1 Å². The SMILES string of the molecule is CN(C)c1cc(Cl)c(O)c2c1CC1CC3[C@H](N(C)C)C(=O)C(C(N)=O)=C(O)[C@@]3(O)C(=O)C1=C2O. The van der Waals surface area contributed by atoms with Crippen molar-refractivity contribution in [2.75, 3.05) is 33.1 Å². The summed E-state index contributed by atoms with van der Waals surface area (Å²) < 4.78 is 0. The Hall–Kier alpha value is -3.08. The van der Waals surface area contributed by atoms with Gasteiger partial charge in [0.1, 0.15) is 22.8 Å². The molecule has 182 valence electrons. The molecule has 0 spiro atoms. The van der Waals surface area contributed by atoms with Gasteiger partial charge in [-0.3, -0.25) is 19.3 Å². The van der Waals surface area contributed by atoms with Gasteiger partial charge in [0.15, 0.2) is 11.4 Å². The van der Waals surface area contributed by atoms with Crippen molar-refractivity contribution in [2.45, 2.75) is 24.5 Å². The van der Waals surface area contributed by atoms with Gasteiger partial charge in [0, 0.05) is 31.3 Å². The molecule has 4 atom stereocenters. The molecule has 0 aliphatic heterocycles. The number of aliphatic hydroxyl groups excluding tert-OH is 2. The van der Waals surface area contributed by atoms with Gasteiger partial charge in [0.2, 0.25) is 5.78 Å². The molecule has 1 saturated carbocycles. The minimum absolute atomic E-state index is 0.0298. The minimum Gasteiger partial charge on any atom is -0.508 e. The summed E-state index contributed by atoms with van der Waals surface area (Å²) in [6.07, 6.45) is 0.231. The van der Waals surface area contributed by atoms with E-state index in [4.69, 9.17) is 17.3 Å². The highest BCUT2D eigenvalue weighted by Gasteiger charge is 2.64. The van der Waals surface area contributed by atoms with E-state index in [2.05, 4.69) is 0 Å². The number of primary amides is 1. The number of likely N-dealkylation sites (N-methyl/N-ethyl adjacent to an activating group) is 1. The first kappa shape index (κ1) is 24.1. The lowest BCUT2D eigenvalue weighted by atomic mass is 9.57. The maximum atomic E-state index is 13.7. The largest absolute Gasteiger partial charge is 0.508 e. The summed E-state index contributed by atoms with van der Waals surface area (Å²) in [4.78, 5) is 42.0. The van der Waals surface area contributed by atoms with Crippen molar-refractivity contribution in [3.8, 4) is 5.75 Å². The van der Waals surface area contributed by atoms with E-state index in [9.17, 15) is 34.8 Å². The van der Waals surface area contributed by atoms with Gasteiger partial charge in [0.25, 0.3) is 5.91 Å². The van der Waals surface area contributed by atoms with Gasteiger partial charge < -0.3 is 31.1 Å². The third kappa shape index (κ3) is 2.98. The summed E-state index contributed by atoms with van der Waals surface area (Å²) in [6.45, 7) is 0. The van der Waals surface area contributed by atoms with E-state index < -0.39 is 63.8 Å². The Bertz CT molecular complexity index is 1220. The highest BCUT2D eigenvalue weighted by atomic mass is 35.5. The van der Waals surface area contributed by atoms with E-state index >= 15 is 0 Å². The second-order valence-electron chi connectivity index (χ2n) is 9.44. The lowest BCUT2D eigenvalue weighted by Crippen LogP contribution is -2.65. The van der Waals surface area contributed by atoms with Crippen LogP contribution in [-0.4, -0.2) is 82.6 Å². The van der Waals surface area contributed by atoms with Crippen LogP contribution < -0.4 is 10.6 Å². The van der Waals surface area contributed by atoms with Crippen molar-refractivity contribution in [1.82, 2.24) is 4.90 Å². The molecule has 1 fully saturated rings. The minimum atomic E-state index is -2.66. The van der Waals surface area contributed by atoms with Crippen LogP contribution in [0.25, 0.3) is 5.76 Å². The summed E-state index contributed by atoms with van der Waals surface area (Å²) in [5.74, 6) is -6.98. The molecule has 11 heteroatoms. The molecule has 6 N–H and O–H groups in total.